The van der Waals surface area contributed by atoms with Crippen molar-refractivity contribution in [2.75, 3.05) is 28.4 Å². The third kappa shape index (κ3) is 7.21. The van der Waals surface area contributed by atoms with Gasteiger partial charge in [0.2, 0.25) is 5.78 Å². The standard InChI is InChI=1S/C30H42N2O9/c1-15-10-9-11-22(37-5)28-18(4)24(32-30(36)41-28)17(3)27(40-8)23(38-6)12-16(2)26(39-7)20-13-19(33)14-21(25(20)34)31-29(15)35/h9-11,13-14,16-18,22-24,26-28H,12H2,1-8H3,(H,31,35)(H,32,36)/b11-9-,15-10+/t16-,17-,18?,22+,23-,24?,26+,27-,28-/m0/s1. The van der Waals surface area contributed by atoms with Gasteiger partial charge in [0, 0.05) is 63.5 Å². The van der Waals surface area contributed by atoms with Gasteiger partial charge in [-0.25, -0.2) is 4.79 Å². The molecule has 0 aromatic rings. The van der Waals surface area contributed by atoms with Crippen LogP contribution in [-0.4, -0.2) is 88.6 Å². The lowest BCUT2D eigenvalue weighted by atomic mass is 9.78. The van der Waals surface area contributed by atoms with E-state index in [0.29, 0.717) is 6.42 Å². The Labute approximate surface area is 241 Å². The number of hydrogen-bond donors (Lipinski definition) is 2. The molecule has 2 unspecified atom stereocenters. The highest BCUT2D eigenvalue weighted by atomic mass is 16.6. The minimum atomic E-state index is -0.757. The minimum absolute atomic E-state index is 0.122. The number of carbonyl (C=O) groups is 4. The van der Waals surface area contributed by atoms with Crippen LogP contribution in [0.5, 0.6) is 0 Å². The fourth-order valence-electron chi connectivity index (χ4n) is 6.00. The molecule has 2 amide bonds. The van der Waals surface area contributed by atoms with Gasteiger partial charge in [0.1, 0.15) is 12.2 Å². The Morgan fingerprint density at radius 3 is 2.22 bits per heavy atom. The van der Waals surface area contributed by atoms with E-state index >= 15 is 0 Å². The van der Waals surface area contributed by atoms with E-state index in [0.717, 1.165) is 6.08 Å². The van der Waals surface area contributed by atoms with E-state index in [-0.39, 0.29) is 40.6 Å². The van der Waals surface area contributed by atoms with Gasteiger partial charge in [-0.1, -0.05) is 39.0 Å². The van der Waals surface area contributed by atoms with Gasteiger partial charge in [-0.3, -0.25) is 14.4 Å². The van der Waals surface area contributed by atoms with Crippen molar-refractivity contribution in [1.82, 2.24) is 10.6 Å². The Bertz CT molecular complexity index is 1140. The Morgan fingerprint density at radius 1 is 0.902 bits per heavy atom. The average Bonchev–Trinajstić information content (AvgIpc) is 2.94. The molecule has 41 heavy (non-hydrogen) atoms. The highest BCUT2D eigenvalue weighted by Gasteiger charge is 2.45. The average molecular weight is 575 g/mol. The first-order chi connectivity index (χ1) is 19.5. The first kappa shape index (κ1) is 32.4. The molecular formula is C30H42N2O9. The van der Waals surface area contributed by atoms with Crippen LogP contribution in [0.1, 0.15) is 34.1 Å². The predicted molar refractivity (Wildman–Crippen MR) is 150 cm³/mol. The summed E-state index contributed by atoms with van der Waals surface area (Å²) in [5.41, 5.74) is 0.314. The molecule has 0 radical (unpaired) electrons. The molecule has 9 atom stereocenters. The summed E-state index contributed by atoms with van der Waals surface area (Å²) < 4.78 is 28.9. The van der Waals surface area contributed by atoms with Crippen molar-refractivity contribution in [2.45, 2.75) is 70.7 Å². The zero-order valence-corrected chi connectivity index (χ0v) is 25.0. The number of rotatable bonds is 4. The van der Waals surface area contributed by atoms with Crippen LogP contribution in [0.3, 0.4) is 0 Å². The van der Waals surface area contributed by atoms with Crippen molar-refractivity contribution < 1.29 is 42.9 Å². The van der Waals surface area contributed by atoms with Crippen molar-refractivity contribution in [3.63, 3.8) is 0 Å². The highest BCUT2D eigenvalue weighted by Crippen LogP contribution is 2.33. The zero-order chi connectivity index (χ0) is 30.4. The van der Waals surface area contributed by atoms with Crippen LogP contribution in [0.2, 0.25) is 0 Å². The summed E-state index contributed by atoms with van der Waals surface area (Å²) in [5, 5.41) is 5.52. The maximum atomic E-state index is 13.4. The molecule has 11 nitrogen and oxygen atoms in total. The number of nitrogens with one attached hydrogen (secondary N) is 2. The maximum absolute atomic E-state index is 13.4. The lowest BCUT2D eigenvalue weighted by Crippen LogP contribution is -2.60. The van der Waals surface area contributed by atoms with Crippen LogP contribution in [0, 0.1) is 17.8 Å². The number of Topliss-reactive ketones (excluding diaryl/α,β-unsaturated/α-hetero) is 1. The van der Waals surface area contributed by atoms with Gasteiger partial charge in [-0.2, -0.15) is 0 Å². The van der Waals surface area contributed by atoms with Crippen LogP contribution >= 0.6 is 0 Å². The molecule has 3 rings (SSSR count). The summed E-state index contributed by atoms with van der Waals surface area (Å²) in [6.45, 7) is 7.43. The molecule has 2 N–H and O–H groups in total. The molecule has 1 saturated heterocycles. The number of ketones is 2. The number of ether oxygens (including phenoxy) is 5. The van der Waals surface area contributed by atoms with Crippen molar-refractivity contribution in [1.29, 1.82) is 0 Å². The van der Waals surface area contributed by atoms with Gasteiger partial charge < -0.3 is 34.3 Å². The molecule has 3 aliphatic rings. The fourth-order valence-corrected chi connectivity index (χ4v) is 6.00. The molecule has 11 heteroatoms. The second kappa shape index (κ2) is 14.2. The number of fused-ring (bicyclic) bond motifs is 4. The smallest absolute Gasteiger partial charge is 0.407 e. The van der Waals surface area contributed by atoms with Crippen molar-refractivity contribution in [3.8, 4) is 0 Å². The van der Waals surface area contributed by atoms with Gasteiger partial charge in [-0.05, 0) is 25.3 Å². The predicted octanol–water partition coefficient (Wildman–Crippen LogP) is 2.42. The molecule has 0 aromatic heterocycles. The molecule has 0 spiro atoms. The SMILES string of the molecule is CO[C@@H]1[C@@H](OC)C[C@H](C)[C@@H](OC)C2=CC(=O)C=C(NC(=O)/C(C)=C/C=C\[C@@H](OC)[C@H]3OC(=O)NC(C3C)[C@@H]1C)C2=O. The molecule has 2 heterocycles. The summed E-state index contributed by atoms with van der Waals surface area (Å²) in [7, 11) is 6.15. The van der Waals surface area contributed by atoms with Gasteiger partial charge in [-0.15, -0.1) is 0 Å². The lowest BCUT2D eigenvalue weighted by Gasteiger charge is -2.44. The Kier molecular flexibility index (Phi) is 11.2. The van der Waals surface area contributed by atoms with E-state index in [9.17, 15) is 19.2 Å². The highest BCUT2D eigenvalue weighted by molar-refractivity contribution is 6.22. The van der Waals surface area contributed by atoms with Gasteiger partial charge in [0.15, 0.2) is 5.78 Å². The number of alkyl carbamates (subject to hydrolysis) is 1. The second-order valence-corrected chi connectivity index (χ2v) is 10.9. The first-order valence-corrected chi connectivity index (χ1v) is 13.7. The second-order valence-electron chi connectivity index (χ2n) is 10.9. The molecule has 4 bridgehead atoms. The van der Waals surface area contributed by atoms with Crippen LogP contribution < -0.4 is 10.6 Å². The Hall–Kier alpha value is -3.12. The first-order valence-electron chi connectivity index (χ1n) is 13.7. The van der Waals surface area contributed by atoms with Crippen molar-refractivity contribution >= 4 is 23.6 Å². The third-order valence-electron chi connectivity index (χ3n) is 8.26. The molecule has 0 aromatic carbocycles. The molecule has 226 valence electrons. The van der Waals surface area contributed by atoms with E-state index in [4.69, 9.17) is 23.7 Å². The number of carbonyl (C=O) groups excluding carboxylic acids is 4. The normalized spacial score (nSPS) is 37.6. The third-order valence-corrected chi connectivity index (χ3v) is 8.26. The fraction of sp³-hybridized carbons (Fsp3) is 0.600. The Balaban J connectivity index is 2.09. The maximum Gasteiger partial charge on any atom is 0.407 e. The van der Waals surface area contributed by atoms with E-state index in [1.54, 1.807) is 39.4 Å². The molecular weight excluding hydrogens is 532 g/mol. The number of allylic oxidation sites excluding steroid dienone is 5. The minimum Gasteiger partial charge on any atom is -0.443 e. The van der Waals surface area contributed by atoms with E-state index < -0.39 is 54.1 Å². The van der Waals surface area contributed by atoms with Crippen LogP contribution in [0.25, 0.3) is 0 Å². The van der Waals surface area contributed by atoms with Gasteiger partial charge >= 0.3 is 6.09 Å². The topological polar surface area (TPSA) is 138 Å². The van der Waals surface area contributed by atoms with Crippen LogP contribution in [0.15, 0.2) is 47.2 Å². The Morgan fingerprint density at radius 2 is 1.61 bits per heavy atom. The van der Waals surface area contributed by atoms with Crippen molar-refractivity contribution in [2.24, 2.45) is 17.8 Å². The van der Waals surface area contributed by atoms with Crippen molar-refractivity contribution in [3.05, 3.63) is 47.2 Å². The number of methoxy groups -OCH3 is 4. The number of hydrogen-bond acceptors (Lipinski definition) is 9. The van der Waals surface area contributed by atoms with Gasteiger partial charge in [0.05, 0.1) is 24.0 Å². The summed E-state index contributed by atoms with van der Waals surface area (Å²) in [4.78, 5) is 51.6. The van der Waals surface area contributed by atoms with E-state index in [1.165, 1.54) is 20.3 Å². The number of amides is 2. The van der Waals surface area contributed by atoms with Gasteiger partial charge in [0.25, 0.3) is 5.91 Å². The monoisotopic (exact) mass is 574 g/mol. The summed E-state index contributed by atoms with van der Waals surface area (Å²) in [6, 6.07) is -0.346. The molecule has 1 aliphatic carbocycles. The summed E-state index contributed by atoms with van der Waals surface area (Å²) in [6.07, 6.45) is 4.21. The van der Waals surface area contributed by atoms with E-state index in [1.807, 2.05) is 20.8 Å². The zero-order valence-electron chi connectivity index (χ0n) is 25.0. The summed E-state index contributed by atoms with van der Waals surface area (Å²) >= 11 is 0. The molecule has 1 fully saturated rings. The van der Waals surface area contributed by atoms with E-state index in [2.05, 4.69) is 10.6 Å². The molecule has 0 saturated carbocycles. The largest absolute Gasteiger partial charge is 0.443 e. The quantitative estimate of drug-likeness (QED) is 0.485. The molecule has 2 aliphatic heterocycles. The summed E-state index contributed by atoms with van der Waals surface area (Å²) in [5.74, 6) is -2.17. The van der Waals surface area contributed by atoms with Crippen LogP contribution in [-0.2, 0) is 38.1 Å². The lowest BCUT2D eigenvalue weighted by molar-refractivity contribution is -0.121. The van der Waals surface area contributed by atoms with Crippen LogP contribution in [0.4, 0.5) is 4.79 Å².